The molecule has 0 saturated carbocycles. The SMILES string of the molecule is CC.CC.Cc1ccc(-c2ccccc2)c([N+](=O)[O-])c1. The van der Waals surface area contributed by atoms with E-state index in [1.54, 1.807) is 12.1 Å². The smallest absolute Gasteiger partial charge is 0.258 e. The largest absolute Gasteiger partial charge is 0.277 e. The fraction of sp³-hybridized carbons (Fsp3) is 0.294. The maximum Gasteiger partial charge on any atom is 0.277 e. The van der Waals surface area contributed by atoms with Gasteiger partial charge in [0.15, 0.2) is 0 Å². The Balaban J connectivity index is 0.000000829. The molecular formula is C17H23NO2. The lowest BCUT2D eigenvalue weighted by Gasteiger charge is -2.03. The third-order valence-electron chi connectivity index (χ3n) is 2.43. The van der Waals surface area contributed by atoms with E-state index in [0.29, 0.717) is 5.56 Å². The van der Waals surface area contributed by atoms with E-state index in [1.807, 2.05) is 71.0 Å². The topological polar surface area (TPSA) is 43.1 Å². The summed E-state index contributed by atoms with van der Waals surface area (Å²) in [6.45, 7) is 9.85. The van der Waals surface area contributed by atoms with Gasteiger partial charge >= 0.3 is 0 Å². The van der Waals surface area contributed by atoms with Crippen molar-refractivity contribution in [1.82, 2.24) is 0 Å². The Bertz CT molecular complexity index is 522. The highest BCUT2D eigenvalue weighted by atomic mass is 16.6. The van der Waals surface area contributed by atoms with Crippen LogP contribution in [0, 0.1) is 17.0 Å². The molecule has 0 unspecified atom stereocenters. The Labute approximate surface area is 121 Å². The van der Waals surface area contributed by atoms with Gasteiger partial charge in [-0.3, -0.25) is 10.1 Å². The number of aryl methyl sites for hydroxylation is 1. The minimum absolute atomic E-state index is 0.159. The van der Waals surface area contributed by atoms with Crippen molar-refractivity contribution in [1.29, 1.82) is 0 Å². The number of nitro groups is 1. The average Bonchev–Trinajstić information content (AvgIpc) is 2.52. The fourth-order valence-electron chi connectivity index (χ4n) is 1.65. The predicted octanol–water partition coefficient (Wildman–Crippen LogP) is 5.62. The fourth-order valence-corrected chi connectivity index (χ4v) is 1.65. The minimum Gasteiger partial charge on any atom is -0.258 e. The zero-order chi connectivity index (χ0) is 15.5. The molecule has 0 aliphatic carbocycles. The van der Waals surface area contributed by atoms with E-state index < -0.39 is 0 Å². The first kappa shape index (κ1) is 17.8. The molecule has 3 nitrogen and oxygen atoms in total. The molecule has 2 aromatic carbocycles. The Morgan fingerprint density at radius 3 is 1.95 bits per heavy atom. The first-order valence-electron chi connectivity index (χ1n) is 6.99. The third kappa shape index (κ3) is 4.84. The van der Waals surface area contributed by atoms with Crippen molar-refractivity contribution < 1.29 is 4.92 Å². The zero-order valence-corrected chi connectivity index (χ0v) is 12.9. The highest BCUT2D eigenvalue weighted by Crippen LogP contribution is 2.30. The summed E-state index contributed by atoms with van der Waals surface area (Å²) in [4.78, 5) is 10.6. The van der Waals surface area contributed by atoms with E-state index in [1.165, 1.54) is 0 Å². The molecule has 0 heterocycles. The van der Waals surface area contributed by atoms with Gasteiger partial charge < -0.3 is 0 Å². The molecule has 0 fully saturated rings. The van der Waals surface area contributed by atoms with Crippen LogP contribution in [0.4, 0.5) is 5.69 Å². The predicted molar refractivity (Wildman–Crippen MR) is 86.0 cm³/mol. The number of benzene rings is 2. The van der Waals surface area contributed by atoms with Crippen molar-refractivity contribution in [3.63, 3.8) is 0 Å². The van der Waals surface area contributed by atoms with Crippen LogP contribution in [0.2, 0.25) is 0 Å². The molecule has 20 heavy (non-hydrogen) atoms. The normalized spacial score (nSPS) is 8.65. The van der Waals surface area contributed by atoms with Crippen molar-refractivity contribution in [3.8, 4) is 11.1 Å². The first-order valence-corrected chi connectivity index (χ1v) is 6.99. The Hall–Kier alpha value is -2.16. The average molecular weight is 273 g/mol. The van der Waals surface area contributed by atoms with Crippen molar-refractivity contribution in [2.24, 2.45) is 0 Å². The molecule has 0 bridgehead atoms. The van der Waals surface area contributed by atoms with E-state index in [2.05, 4.69) is 0 Å². The first-order chi connectivity index (χ1) is 9.68. The van der Waals surface area contributed by atoms with Crippen LogP contribution in [0.1, 0.15) is 33.3 Å². The molecular weight excluding hydrogens is 250 g/mol. The van der Waals surface area contributed by atoms with Gasteiger partial charge in [0.2, 0.25) is 0 Å². The second-order valence-electron chi connectivity index (χ2n) is 3.64. The van der Waals surface area contributed by atoms with Crippen LogP contribution in [-0.4, -0.2) is 4.92 Å². The van der Waals surface area contributed by atoms with Gasteiger partial charge in [-0.15, -0.1) is 0 Å². The highest BCUT2D eigenvalue weighted by molar-refractivity contribution is 5.73. The Morgan fingerprint density at radius 2 is 1.45 bits per heavy atom. The summed E-state index contributed by atoms with van der Waals surface area (Å²) >= 11 is 0. The van der Waals surface area contributed by atoms with Gasteiger partial charge in [-0.1, -0.05) is 64.1 Å². The maximum atomic E-state index is 11.0. The van der Waals surface area contributed by atoms with Crippen LogP contribution in [-0.2, 0) is 0 Å². The summed E-state index contributed by atoms with van der Waals surface area (Å²) in [5.74, 6) is 0. The third-order valence-corrected chi connectivity index (χ3v) is 2.43. The lowest BCUT2D eigenvalue weighted by molar-refractivity contribution is -0.384. The summed E-state index contributed by atoms with van der Waals surface area (Å²) < 4.78 is 0. The monoisotopic (exact) mass is 273 g/mol. The molecule has 0 amide bonds. The Kier molecular flexibility index (Phi) is 8.68. The van der Waals surface area contributed by atoms with Crippen LogP contribution < -0.4 is 0 Å². The van der Waals surface area contributed by atoms with Crippen molar-refractivity contribution in [3.05, 3.63) is 64.2 Å². The van der Waals surface area contributed by atoms with E-state index in [-0.39, 0.29) is 10.6 Å². The van der Waals surface area contributed by atoms with Crippen LogP contribution in [0.5, 0.6) is 0 Å². The van der Waals surface area contributed by atoms with Crippen molar-refractivity contribution >= 4 is 5.69 Å². The number of nitro benzene ring substituents is 1. The van der Waals surface area contributed by atoms with Crippen molar-refractivity contribution in [2.45, 2.75) is 34.6 Å². The van der Waals surface area contributed by atoms with Crippen LogP contribution in [0.3, 0.4) is 0 Å². The molecule has 0 aliphatic heterocycles. The number of rotatable bonds is 2. The summed E-state index contributed by atoms with van der Waals surface area (Å²) in [6.07, 6.45) is 0. The van der Waals surface area contributed by atoms with Crippen LogP contribution in [0.15, 0.2) is 48.5 Å². The maximum absolute atomic E-state index is 11.0. The van der Waals surface area contributed by atoms with Gasteiger partial charge in [-0.25, -0.2) is 0 Å². The van der Waals surface area contributed by atoms with Gasteiger partial charge in [-0.2, -0.15) is 0 Å². The van der Waals surface area contributed by atoms with Crippen LogP contribution in [0.25, 0.3) is 11.1 Å². The summed E-state index contributed by atoms with van der Waals surface area (Å²) in [7, 11) is 0. The molecule has 3 heteroatoms. The molecule has 108 valence electrons. The van der Waals surface area contributed by atoms with Gasteiger partial charge in [0, 0.05) is 6.07 Å². The number of hydrogen-bond donors (Lipinski definition) is 0. The zero-order valence-electron chi connectivity index (χ0n) is 12.9. The van der Waals surface area contributed by atoms with Gasteiger partial charge in [0.05, 0.1) is 10.5 Å². The van der Waals surface area contributed by atoms with E-state index in [0.717, 1.165) is 11.1 Å². The molecule has 0 atom stereocenters. The minimum atomic E-state index is -0.338. The molecule has 0 spiro atoms. The van der Waals surface area contributed by atoms with Crippen LogP contribution >= 0.6 is 0 Å². The number of hydrogen-bond acceptors (Lipinski definition) is 2. The van der Waals surface area contributed by atoms with E-state index >= 15 is 0 Å². The standard InChI is InChI=1S/C13H11NO2.2C2H6/c1-10-7-8-12(13(9-10)14(15)16)11-5-3-2-4-6-11;2*1-2/h2-9H,1H3;2*1-2H3. The van der Waals surface area contributed by atoms with E-state index in [9.17, 15) is 10.1 Å². The highest BCUT2D eigenvalue weighted by Gasteiger charge is 2.14. The van der Waals surface area contributed by atoms with Gasteiger partial charge in [0.25, 0.3) is 5.69 Å². The molecule has 2 rings (SSSR count). The molecule has 0 aliphatic rings. The van der Waals surface area contributed by atoms with E-state index in [4.69, 9.17) is 0 Å². The molecule has 0 saturated heterocycles. The summed E-state index contributed by atoms with van der Waals surface area (Å²) in [5.41, 5.74) is 2.59. The van der Waals surface area contributed by atoms with Gasteiger partial charge in [-0.05, 0) is 24.1 Å². The molecule has 0 N–H and O–H groups in total. The molecule has 2 aromatic rings. The summed E-state index contributed by atoms with van der Waals surface area (Å²) in [5, 5.41) is 11.0. The lowest BCUT2D eigenvalue weighted by atomic mass is 10.0. The van der Waals surface area contributed by atoms with Crippen molar-refractivity contribution in [2.75, 3.05) is 0 Å². The Morgan fingerprint density at radius 1 is 0.900 bits per heavy atom. The lowest BCUT2D eigenvalue weighted by Crippen LogP contribution is -1.92. The molecule has 0 radical (unpaired) electrons. The number of nitrogens with zero attached hydrogens (tertiary/aromatic N) is 1. The summed E-state index contributed by atoms with van der Waals surface area (Å²) in [6, 6.07) is 14.7. The molecule has 0 aromatic heterocycles. The van der Waals surface area contributed by atoms with Gasteiger partial charge in [0.1, 0.15) is 0 Å². The second kappa shape index (κ2) is 9.73. The quantitative estimate of drug-likeness (QED) is 0.526. The second-order valence-corrected chi connectivity index (χ2v) is 3.64.